The van der Waals surface area contributed by atoms with E-state index in [1.54, 1.807) is 52.0 Å². The molecule has 0 spiro atoms. The van der Waals surface area contributed by atoms with Crippen molar-refractivity contribution in [1.82, 2.24) is 0 Å². The molecule has 0 radical (unpaired) electrons. The van der Waals surface area contributed by atoms with Gasteiger partial charge in [-0.15, -0.1) is 0 Å². The van der Waals surface area contributed by atoms with Gasteiger partial charge >= 0.3 is 5.97 Å². The summed E-state index contributed by atoms with van der Waals surface area (Å²) in [6.07, 6.45) is 2.94. The van der Waals surface area contributed by atoms with Crippen molar-refractivity contribution < 1.29 is 46.4 Å². The quantitative estimate of drug-likeness (QED) is 0.111. The number of para-hydroxylation sites is 4. The van der Waals surface area contributed by atoms with E-state index < -0.39 is 12.0 Å². The molecule has 0 bridgehead atoms. The number of hydrogen-bond acceptors (Lipinski definition) is 10. The van der Waals surface area contributed by atoms with E-state index in [1.807, 2.05) is 144 Å². The van der Waals surface area contributed by atoms with Crippen LogP contribution in [0.2, 0.25) is 0 Å². The maximum Gasteiger partial charge on any atom is 0.328 e. The number of nitrogens with one attached hydrogen (secondary N) is 3. The van der Waals surface area contributed by atoms with Crippen LogP contribution in [0, 0.1) is 55.4 Å². The normalized spacial score (nSPS) is 10.7. The zero-order valence-corrected chi connectivity index (χ0v) is 41.0. The minimum atomic E-state index is -0.762. The van der Waals surface area contributed by atoms with Gasteiger partial charge in [-0.3, -0.25) is 24.1 Å². The fourth-order valence-electron chi connectivity index (χ4n) is 7.21. The Kier molecular flexibility index (Phi) is 18.6. The monoisotopic (exact) mass is 946 g/mol. The number of nitrogens with zero attached hydrogens (tertiary/aromatic N) is 1. The maximum atomic E-state index is 12.8. The molecule has 4 heterocycles. The average Bonchev–Trinajstić information content (AvgIpc) is 4.16. The van der Waals surface area contributed by atoms with Gasteiger partial charge in [-0.1, -0.05) is 72.8 Å². The summed E-state index contributed by atoms with van der Waals surface area (Å²) in [5.74, 6) is 2.39. The molecule has 1 atom stereocenters. The Morgan fingerprint density at radius 2 is 1.03 bits per heavy atom. The van der Waals surface area contributed by atoms with Gasteiger partial charge in [-0.2, -0.15) is 0 Å². The third-order valence-corrected chi connectivity index (χ3v) is 10.8. The predicted molar refractivity (Wildman–Crippen MR) is 271 cm³/mol. The van der Waals surface area contributed by atoms with Gasteiger partial charge in [0.25, 0.3) is 23.6 Å². The average molecular weight is 947 g/mol. The van der Waals surface area contributed by atoms with Crippen LogP contribution in [0.3, 0.4) is 0 Å². The van der Waals surface area contributed by atoms with Crippen LogP contribution in [0.25, 0.3) is 0 Å². The number of carbonyl (C=O) groups excluding carboxylic acids is 5. The number of anilines is 4. The topological polar surface area (TPSA) is 186 Å². The molecule has 1 unspecified atom stereocenters. The Balaban J connectivity index is 0.000000176. The third-order valence-electron chi connectivity index (χ3n) is 10.8. The molecule has 8 rings (SSSR count). The fraction of sp³-hybridized carbons (Fsp3) is 0.196. The van der Waals surface area contributed by atoms with Crippen molar-refractivity contribution in [3.63, 3.8) is 0 Å². The van der Waals surface area contributed by atoms with Gasteiger partial charge in [0.2, 0.25) is 0 Å². The Bertz CT molecular complexity index is 2970. The van der Waals surface area contributed by atoms with Crippen LogP contribution in [0.4, 0.5) is 22.7 Å². The first-order valence-electron chi connectivity index (χ1n) is 22.3. The molecule has 8 aromatic rings. The van der Waals surface area contributed by atoms with E-state index in [9.17, 15) is 24.0 Å². The van der Waals surface area contributed by atoms with Crippen LogP contribution in [0.1, 0.15) is 94.0 Å². The molecule has 70 heavy (non-hydrogen) atoms. The van der Waals surface area contributed by atoms with Crippen LogP contribution in [0.15, 0.2) is 164 Å². The lowest BCUT2D eigenvalue weighted by Crippen LogP contribution is -2.44. The van der Waals surface area contributed by atoms with E-state index in [0.29, 0.717) is 39.7 Å². The molecule has 362 valence electrons. The van der Waals surface area contributed by atoms with Crippen molar-refractivity contribution in [2.75, 3.05) is 28.0 Å². The van der Waals surface area contributed by atoms with Gasteiger partial charge in [0, 0.05) is 22.6 Å². The lowest BCUT2D eigenvalue weighted by Gasteiger charge is -2.29. The number of benzene rings is 4. The lowest BCUT2D eigenvalue weighted by molar-refractivity contribution is -0.141. The number of esters is 1. The maximum absolute atomic E-state index is 12.8. The molecule has 4 amide bonds. The minimum absolute atomic E-state index is 0.122. The molecule has 0 saturated heterocycles. The number of carbonyl (C=O) groups is 5. The second-order valence-corrected chi connectivity index (χ2v) is 16.0. The van der Waals surface area contributed by atoms with Crippen LogP contribution in [-0.2, 0) is 9.53 Å². The Morgan fingerprint density at radius 3 is 1.44 bits per heavy atom. The van der Waals surface area contributed by atoms with Crippen LogP contribution >= 0.6 is 0 Å². The molecule has 0 fully saturated rings. The lowest BCUT2D eigenvalue weighted by atomic mass is 10.1. The number of ether oxygens (including phenoxy) is 1. The van der Waals surface area contributed by atoms with Gasteiger partial charge < -0.3 is 38.4 Å². The molecule has 0 saturated carbocycles. The van der Waals surface area contributed by atoms with Gasteiger partial charge in [0.15, 0.2) is 5.76 Å². The van der Waals surface area contributed by atoms with Crippen molar-refractivity contribution >= 4 is 52.3 Å². The van der Waals surface area contributed by atoms with E-state index in [-0.39, 0.29) is 29.4 Å². The highest BCUT2D eigenvalue weighted by molar-refractivity contribution is 6.09. The second kappa shape index (κ2) is 24.9. The van der Waals surface area contributed by atoms with E-state index in [2.05, 4.69) is 16.0 Å². The smallest absolute Gasteiger partial charge is 0.328 e. The van der Waals surface area contributed by atoms with E-state index in [1.165, 1.54) is 24.5 Å². The van der Waals surface area contributed by atoms with Crippen LogP contribution < -0.4 is 20.9 Å². The molecule has 3 N–H and O–H groups in total. The van der Waals surface area contributed by atoms with Crippen molar-refractivity contribution in [3.8, 4) is 0 Å². The second-order valence-electron chi connectivity index (χ2n) is 16.0. The summed E-state index contributed by atoms with van der Waals surface area (Å²) in [5.41, 5.74) is 7.53. The van der Waals surface area contributed by atoms with Crippen molar-refractivity contribution in [2.24, 2.45) is 0 Å². The largest absolute Gasteiger partial charge is 0.469 e. The highest BCUT2D eigenvalue weighted by Crippen LogP contribution is 2.29. The zero-order valence-electron chi connectivity index (χ0n) is 41.0. The van der Waals surface area contributed by atoms with Gasteiger partial charge in [0.1, 0.15) is 34.8 Å². The summed E-state index contributed by atoms with van der Waals surface area (Å²) >= 11 is 0. The summed E-state index contributed by atoms with van der Waals surface area (Å²) in [7, 11) is 1.30. The summed E-state index contributed by atoms with van der Waals surface area (Å²) < 4.78 is 25.8. The number of aryl methyl sites for hydroxylation is 7. The summed E-state index contributed by atoms with van der Waals surface area (Å²) in [6.45, 7) is 16.4. The first-order valence-corrected chi connectivity index (χ1v) is 22.3. The number of furan rings is 4. The molecule has 14 heteroatoms. The summed E-state index contributed by atoms with van der Waals surface area (Å²) in [6, 6.07) is 39.6. The predicted octanol–water partition coefficient (Wildman–Crippen LogP) is 12.6. The van der Waals surface area contributed by atoms with Crippen LogP contribution in [-0.4, -0.2) is 42.7 Å². The Morgan fingerprint density at radius 1 is 0.514 bits per heavy atom. The molecule has 4 aromatic carbocycles. The fourth-order valence-corrected chi connectivity index (χ4v) is 7.21. The Labute approximate surface area is 407 Å². The Hall–Kier alpha value is -8.65. The molecule has 0 aliphatic carbocycles. The van der Waals surface area contributed by atoms with Crippen molar-refractivity contribution in [2.45, 2.75) is 68.4 Å². The van der Waals surface area contributed by atoms with E-state index in [0.717, 1.165) is 45.3 Å². The standard InChI is InChI=1S/C17H19NO4.C14H15NO2.C13H13NO2.C12H11NO2/c1-11-7-5-8-12(2)15(11)18(13(3)17(20)21-4)16(19)14-9-6-10-22-14;1-9-10(2)17-11(3)13(9)14(16)15-12-7-5-4-6-8-12;1-9-8-12(10(2)16-9)13(15)14-11-6-4-3-5-7-11;1-9-11(7-8-15-9)12(14)13-10-5-3-2-4-6-10/h5-10,13H,1-4H3;4-8H,1-3H3,(H,15,16);3-8H,1-2H3,(H,14,15);2-8H,1H3,(H,13,14). The highest BCUT2D eigenvalue weighted by atomic mass is 16.5. The van der Waals surface area contributed by atoms with Crippen molar-refractivity contribution in [3.05, 3.63) is 214 Å². The molecular formula is C56H58N4O10. The van der Waals surface area contributed by atoms with E-state index in [4.69, 9.17) is 22.4 Å². The molecule has 4 aromatic heterocycles. The van der Waals surface area contributed by atoms with Crippen LogP contribution in [0.5, 0.6) is 0 Å². The number of hydrogen-bond donors (Lipinski definition) is 3. The first-order chi connectivity index (χ1) is 33.5. The summed E-state index contributed by atoms with van der Waals surface area (Å²) in [4.78, 5) is 61.9. The minimum Gasteiger partial charge on any atom is -0.469 e. The molecule has 14 nitrogen and oxygen atoms in total. The molecule has 0 aliphatic heterocycles. The zero-order chi connectivity index (χ0) is 50.9. The number of amides is 4. The third kappa shape index (κ3) is 14.0. The molecular weight excluding hydrogens is 889 g/mol. The SMILES string of the molecule is COC(=O)C(C)N(C(=O)c1ccco1)c1c(C)cccc1C.Cc1cc(C(=O)Nc2ccccc2)c(C)o1.Cc1oc(C)c(C(=O)Nc2ccccc2)c1C.Cc1occc1C(=O)Nc1ccccc1. The number of rotatable bonds is 10. The highest BCUT2D eigenvalue weighted by Gasteiger charge is 2.32. The molecule has 0 aliphatic rings. The summed E-state index contributed by atoms with van der Waals surface area (Å²) in [5, 5.41) is 8.45. The van der Waals surface area contributed by atoms with Gasteiger partial charge in [-0.05, 0) is 134 Å². The first kappa shape index (κ1) is 52.3. The van der Waals surface area contributed by atoms with Gasteiger partial charge in [-0.25, -0.2) is 4.79 Å². The van der Waals surface area contributed by atoms with E-state index >= 15 is 0 Å². The van der Waals surface area contributed by atoms with Gasteiger partial charge in [0.05, 0.1) is 42.0 Å². The number of methoxy groups -OCH3 is 1. The van der Waals surface area contributed by atoms with Crippen molar-refractivity contribution in [1.29, 1.82) is 0 Å².